The van der Waals surface area contributed by atoms with Gasteiger partial charge in [-0.15, -0.1) is 0 Å². The van der Waals surface area contributed by atoms with E-state index in [9.17, 15) is 19.8 Å². The number of fused-ring (bicyclic) bond motifs is 1. The molecule has 0 aromatic carbocycles. The van der Waals surface area contributed by atoms with Crippen molar-refractivity contribution in [2.45, 2.75) is 76.3 Å². The topological polar surface area (TPSA) is 178 Å². The number of imidazole rings is 1. The molecule has 1 aliphatic rings. The van der Waals surface area contributed by atoms with Gasteiger partial charge in [-0.1, -0.05) is 0 Å². The number of aliphatic hydroxyl groups is 2. The molecule has 2 aromatic rings. The molecule has 1 aliphatic carbocycles. The lowest BCUT2D eigenvalue weighted by Gasteiger charge is -2.39. The Morgan fingerprint density at radius 3 is 2.72 bits per heavy atom. The highest BCUT2D eigenvalue weighted by atomic mass is 16.6. The van der Waals surface area contributed by atoms with Crippen molar-refractivity contribution in [3.8, 4) is 0 Å². The summed E-state index contributed by atoms with van der Waals surface area (Å²) >= 11 is 0. The van der Waals surface area contributed by atoms with E-state index in [1.54, 1.807) is 25.3 Å². The fourth-order valence-corrected chi connectivity index (χ4v) is 3.79. The number of hydrogen-bond acceptors (Lipinski definition) is 9. The van der Waals surface area contributed by atoms with Crippen LogP contribution in [-0.4, -0.2) is 72.1 Å². The highest BCUT2D eigenvalue weighted by Crippen LogP contribution is 2.32. The predicted octanol–water partition coefficient (Wildman–Crippen LogP) is 0.255. The molecule has 0 unspecified atom stereocenters. The monoisotopic (exact) mass is 449 g/mol. The average Bonchev–Trinajstić information content (AvgIpc) is 3.12. The van der Waals surface area contributed by atoms with Gasteiger partial charge in [-0.25, -0.2) is 19.7 Å². The number of amides is 2. The Morgan fingerprint density at radius 1 is 1.25 bits per heavy atom. The van der Waals surface area contributed by atoms with Crippen LogP contribution in [0, 0.1) is 0 Å². The fraction of sp³-hybridized carbons (Fsp3) is 0.650. The Labute approximate surface area is 185 Å². The van der Waals surface area contributed by atoms with Crippen molar-refractivity contribution >= 4 is 29.0 Å². The third-order valence-electron chi connectivity index (χ3n) is 5.23. The quantitative estimate of drug-likeness (QED) is 0.387. The first-order chi connectivity index (χ1) is 15.1. The minimum absolute atomic E-state index is 0.171. The summed E-state index contributed by atoms with van der Waals surface area (Å²) in [6, 6.07) is -1.30. The number of nitrogens with two attached hydrogens (primary N) is 1. The molecule has 0 spiro atoms. The Balaban J connectivity index is 1.55. The van der Waals surface area contributed by atoms with E-state index in [-0.39, 0.29) is 18.1 Å². The molecule has 32 heavy (non-hydrogen) atoms. The minimum atomic E-state index is -1.06. The van der Waals surface area contributed by atoms with Gasteiger partial charge in [0.1, 0.15) is 17.4 Å². The molecule has 1 fully saturated rings. The van der Waals surface area contributed by atoms with Gasteiger partial charge < -0.3 is 35.9 Å². The third kappa shape index (κ3) is 5.62. The number of hydrogen-bond donors (Lipinski definition) is 5. The van der Waals surface area contributed by atoms with E-state index in [1.807, 2.05) is 0 Å². The maximum atomic E-state index is 12.4. The molecule has 3 rings (SSSR count). The molecule has 6 N–H and O–H groups in total. The van der Waals surface area contributed by atoms with Crippen LogP contribution in [0.1, 0.15) is 52.5 Å². The summed E-state index contributed by atoms with van der Waals surface area (Å²) in [5.74, 6) is -0.0457. The second kappa shape index (κ2) is 9.65. The Bertz CT molecular complexity index is 957. The van der Waals surface area contributed by atoms with E-state index >= 15 is 0 Å². The largest absolute Gasteiger partial charge is 0.444 e. The van der Waals surface area contributed by atoms with Crippen LogP contribution >= 0.6 is 0 Å². The molecule has 176 valence electrons. The number of anilines is 1. The Hall–Kier alpha value is -2.99. The van der Waals surface area contributed by atoms with E-state index in [4.69, 9.17) is 10.5 Å². The number of rotatable bonds is 6. The van der Waals surface area contributed by atoms with E-state index in [0.29, 0.717) is 37.0 Å². The Kier molecular flexibility index (Phi) is 7.14. The predicted molar refractivity (Wildman–Crippen MR) is 115 cm³/mol. The third-order valence-corrected chi connectivity index (χ3v) is 5.23. The zero-order chi connectivity index (χ0) is 23.5. The standard InChI is InChI=1S/C20H31N7O5/c1-20(2,3)32-19(31)22-8-4-5-13(29)26-11-6-7-12(28)15(16(11)30)27-10-25-14-17(21)23-9-24-18(14)27/h9-12,15-16,28,30H,4-8H2,1-3H3,(H,22,31)(H,26,29)(H2,21,23,24)/t11-,12+,15-,16-/m1/s1. The number of alkyl carbamates (subject to hydrolysis) is 1. The lowest BCUT2D eigenvalue weighted by molar-refractivity contribution is -0.124. The molecule has 0 saturated heterocycles. The lowest BCUT2D eigenvalue weighted by Crippen LogP contribution is -2.53. The van der Waals surface area contributed by atoms with Gasteiger partial charge in [-0.3, -0.25) is 4.79 Å². The first-order valence-electron chi connectivity index (χ1n) is 10.6. The second-order valence-corrected chi connectivity index (χ2v) is 8.92. The second-order valence-electron chi connectivity index (χ2n) is 8.92. The molecule has 2 aromatic heterocycles. The minimum Gasteiger partial charge on any atom is -0.444 e. The molecule has 2 amide bonds. The zero-order valence-corrected chi connectivity index (χ0v) is 18.5. The number of nitrogens with one attached hydrogen (secondary N) is 2. The molecule has 12 heteroatoms. The SMILES string of the molecule is CC(C)(C)OC(=O)NCCCC(=O)N[C@@H]1CC[C@H](O)[C@@H](n2cnc3c(N)ncnc32)[C@@H]1O. The molecule has 0 bridgehead atoms. The Morgan fingerprint density at radius 2 is 2.00 bits per heavy atom. The number of nitrogen functional groups attached to an aromatic ring is 1. The van der Waals surface area contributed by atoms with Crippen LogP contribution in [0.25, 0.3) is 11.2 Å². The van der Waals surface area contributed by atoms with Crippen molar-refractivity contribution < 1.29 is 24.5 Å². The highest BCUT2D eigenvalue weighted by molar-refractivity contribution is 5.81. The maximum absolute atomic E-state index is 12.4. The molecular formula is C20H31N7O5. The summed E-state index contributed by atoms with van der Waals surface area (Å²) in [5, 5.41) is 26.9. The summed E-state index contributed by atoms with van der Waals surface area (Å²) in [5.41, 5.74) is 6.03. The first kappa shape index (κ1) is 23.7. The van der Waals surface area contributed by atoms with Crippen molar-refractivity contribution in [3.63, 3.8) is 0 Å². The van der Waals surface area contributed by atoms with Crippen LogP contribution in [0.15, 0.2) is 12.7 Å². The van der Waals surface area contributed by atoms with E-state index in [0.717, 1.165) is 0 Å². The molecule has 0 radical (unpaired) electrons. The lowest BCUT2D eigenvalue weighted by atomic mass is 9.85. The van der Waals surface area contributed by atoms with Gasteiger partial charge in [0, 0.05) is 13.0 Å². The molecular weight excluding hydrogens is 418 g/mol. The molecule has 0 aliphatic heterocycles. The summed E-state index contributed by atoms with van der Waals surface area (Å²) in [7, 11) is 0. The van der Waals surface area contributed by atoms with E-state index < -0.39 is 36.0 Å². The molecule has 4 atom stereocenters. The van der Waals surface area contributed by atoms with Crippen molar-refractivity contribution in [2.24, 2.45) is 0 Å². The number of carbonyl (C=O) groups is 2. The van der Waals surface area contributed by atoms with Crippen LogP contribution in [0.4, 0.5) is 10.6 Å². The van der Waals surface area contributed by atoms with Crippen LogP contribution in [-0.2, 0) is 9.53 Å². The van der Waals surface area contributed by atoms with Gasteiger partial charge in [0.15, 0.2) is 11.5 Å². The highest BCUT2D eigenvalue weighted by Gasteiger charge is 2.40. The van der Waals surface area contributed by atoms with Crippen LogP contribution in [0.5, 0.6) is 0 Å². The summed E-state index contributed by atoms with van der Waals surface area (Å²) < 4.78 is 6.72. The fourth-order valence-electron chi connectivity index (χ4n) is 3.79. The number of aromatic nitrogens is 4. The van der Waals surface area contributed by atoms with Crippen molar-refractivity contribution in [3.05, 3.63) is 12.7 Å². The maximum Gasteiger partial charge on any atom is 0.407 e. The summed E-state index contributed by atoms with van der Waals surface area (Å²) in [6.45, 7) is 5.61. The summed E-state index contributed by atoms with van der Waals surface area (Å²) in [6.07, 6.45) is 1.71. The van der Waals surface area contributed by atoms with Gasteiger partial charge in [-0.05, 0) is 40.0 Å². The molecule has 1 saturated carbocycles. The molecule has 12 nitrogen and oxygen atoms in total. The van der Waals surface area contributed by atoms with E-state index in [1.165, 1.54) is 12.7 Å². The number of nitrogens with zero attached hydrogens (tertiary/aromatic N) is 4. The van der Waals surface area contributed by atoms with Gasteiger partial charge in [-0.2, -0.15) is 0 Å². The van der Waals surface area contributed by atoms with Crippen LogP contribution in [0.3, 0.4) is 0 Å². The van der Waals surface area contributed by atoms with Crippen LogP contribution < -0.4 is 16.4 Å². The number of ether oxygens (including phenoxy) is 1. The normalized spacial score (nSPS) is 23.7. The number of carbonyl (C=O) groups excluding carboxylic acids is 2. The van der Waals surface area contributed by atoms with Gasteiger partial charge in [0.2, 0.25) is 5.91 Å². The van der Waals surface area contributed by atoms with Crippen molar-refractivity contribution in [1.82, 2.24) is 30.2 Å². The van der Waals surface area contributed by atoms with Crippen LogP contribution in [0.2, 0.25) is 0 Å². The zero-order valence-electron chi connectivity index (χ0n) is 18.5. The van der Waals surface area contributed by atoms with Crippen molar-refractivity contribution in [2.75, 3.05) is 12.3 Å². The first-order valence-corrected chi connectivity index (χ1v) is 10.6. The van der Waals surface area contributed by atoms with E-state index in [2.05, 4.69) is 25.6 Å². The van der Waals surface area contributed by atoms with Gasteiger partial charge in [0.05, 0.1) is 30.6 Å². The molecule has 2 heterocycles. The summed E-state index contributed by atoms with van der Waals surface area (Å²) in [4.78, 5) is 36.3. The van der Waals surface area contributed by atoms with Gasteiger partial charge in [0.25, 0.3) is 0 Å². The van der Waals surface area contributed by atoms with Crippen molar-refractivity contribution in [1.29, 1.82) is 0 Å². The smallest absolute Gasteiger partial charge is 0.407 e. The van der Waals surface area contributed by atoms with Gasteiger partial charge >= 0.3 is 6.09 Å². The number of aliphatic hydroxyl groups excluding tert-OH is 2. The average molecular weight is 450 g/mol.